The van der Waals surface area contributed by atoms with Gasteiger partial charge in [-0.05, 0) is 0 Å². The molecule has 0 aliphatic carbocycles. The molecule has 0 spiro atoms. The Morgan fingerprint density at radius 1 is 1.30 bits per heavy atom. The van der Waals surface area contributed by atoms with E-state index in [-0.39, 0.29) is 0 Å². The predicted molar refractivity (Wildman–Crippen MR) is 42.4 cm³/mol. The molecule has 0 fully saturated rings. The third-order valence-corrected chi connectivity index (χ3v) is 1.76. The zero-order chi connectivity index (χ0) is 7.40. The Balaban J connectivity index is 2.75. The molecule has 1 atom stereocenters. The van der Waals surface area contributed by atoms with Crippen molar-refractivity contribution in [3.8, 4) is 0 Å². The molecule has 0 amide bonds. The molecule has 0 radical (unpaired) electrons. The number of quaternary nitrogens is 1. The fourth-order valence-corrected chi connectivity index (χ4v) is 0.961. The van der Waals surface area contributed by atoms with E-state index in [1.807, 2.05) is 6.07 Å². The third kappa shape index (κ3) is 1.58. The van der Waals surface area contributed by atoms with E-state index < -0.39 is 0 Å². The summed E-state index contributed by atoms with van der Waals surface area (Å²) in [5, 5.41) is 0. The molecule has 3 N–H and O–H groups in total. The van der Waals surface area contributed by atoms with Crippen LogP contribution in [0.15, 0.2) is 30.3 Å². The maximum atomic E-state index is 4.03. The summed E-state index contributed by atoms with van der Waals surface area (Å²) in [5.41, 5.74) is 5.36. The van der Waals surface area contributed by atoms with Gasteiger partial charge in [0.2, 0.25) is 0 Å². The average Bonchev–Trinajstić information content (AvgIpc) is 2.05. The SMILES string of the molecule is CC[C@H]([NH3+])c1ccccc1. The van der Waals surface area contributed by atoms with Gasteiger partial charge >= 0.3 is 0 Å². The quantitative estimate of drug-likeness (QED) is 0.636. The van der Waals surface area contributed by atoms with E-state index in [1.54, 1.807) is 0 Å². The van der Waals surface area contributed by atoms with Gasteiger partial charge in [-0.3, -0.25) is 0 Å². The van der Waals surface area contributed by atoms with Crippen LogP contribution in [0, 0.1) is 0 Å². The lowest BCUT2D eigenvalue weighted by molar-refractivity contribution is -0.427. The van der Waals surface area contributed by atoms with Gasteiger partial charge in [0.1, 0.15) is 6.04 Å². The van der Waals surface area contributed by atoms with E-state index in [1.165, 1.54) is 5.56 Å². The second-order valence-corrected chi connectivity index (χ2v) is 2.52. The first-order valence-corrected chi connectivity index (χ1v) is 3.72. The van der Waals surface area contributed by atoms with Crippen molar-refractivity contribution in [2.24, 2.45) is 0 Å². The average molecular weight is 136 g/mol. The van der Waals surface area contributed by atoms with Crippen molar-refractivity contribution in [3.05, 3.63) is 35.9 Å². The largest absolute Gasteiger partial charge is 0.351 e. The molecule has 0 saturated heterocycles. The van der Waals surface area contributed by atoms with E-state index in [2.05, 4.69) is 36.9 Å². The van der Waals surface area contributed by atoms with Gasteiger partial charge in [-0.1, -0.05) is 37.3 Å². The molecule has 0 unspecified atom stereocenters. The first-order valence-electron chi connectivity index (χ1n) is 3.72. The van der Waals surface area contributed by atoms with Crippen LogP contribution in [0.1, 0.15) is 24.9 Å². The van der Waals surface area contributed by atoms with Crippen LogP contribution < -0.4 is 5.73 Å². The monoisotopic (exact) mass is 136 g/mol. The van der Waals surface area contributed by atoms with Crippen LogP contribution in [0.25, 0.3) is 0 Å². The maximum absolute atomic E-state index is 4.03. The molecule has 1 nitrogen and oxygen atoms in total. The van der Waals surface area contributed by atoms with Crippen molar-refractivity contribution in [3.63, 3.8) is 0 Å². The Kier molecular flexibility index (Phi) is 2.46. The second kappa shape index (κ2) is 3.37. The summed E-state index contributed by atoms with van der Waals surface area (Å²) in [6, 6.07) is 10.9. The lowest BCUT2D eigenvalue weighted by Gasteiger charge is -2.03. The molecule has 0 saturated carbocycles. The highest BCUT2D eigenvalue weighted by molar-refractivity contribution is 5.16. The van der Waals surface area contributed by atoms with E-state index in [4.69, 9.17) is 0 Å². The standard InChI is InChI=1S/C9H13N/c1-2-9(10)8-6-4-3-5-7-8/h3-7,9H,2,10H2,1H3/p+1/t9-/m0/s1. The highest BCUT2D eigenvalue weighted by Crippen LogP contribution is 2.09. The summed E-state index contributed by atoms with van der Waals surface area (Å²) in [6.45, 7) is 2.16. The lowest BCUT2D eigenvalue weighted by Crippen LogP contribution is -2.53. The molecule has 54 valence electrons. The minimum atomic E-state index is 0.459. The van der Waals surface area contributed by atoms with E-state index in [9.17, 15) is 0 Å². The summed E-state index contributed by atoms with van der Waals surface area (Å²) < 4.78 is 0. The Morgan fingerprint density at radius 2 is 1.90 bits per heavy atom. The number of benzene rings is 1. The Labute approximate surface area is 61.9 Å². The summed E-state index contributed by atoms with van der Waals surface area (Å²) in [4.78, 5) is 0. The van der Waals surface area contributed by atoms with Crippen LogP contribution in [-0.2, 0) is 0 Å². The van der Waals surface area contributed by atoms with Crippen molar-refractivity contribution < 1.29 is 5.73 Å². The van der Waals surface area contributed by atoms with Crippen LogP contribution in [0.2, 0.25) is 0 Å². The first-order chi connectivity index (χ1) is 4.84. The fraction of sp³-hybridized carbons (Fsp3) is 0.333. The van der Waals surface area contributed by atoms with Gasteiger partial charge in [0, 0.05) is 12.0 Å². The van der Waals surface area contributed by atoms with Gasteiger partial charge in [-0.25, -0.2) is 0 Å². The molecule has 0 aliphatic rings. The van der Waals surface area contributed by atoms with E-state index in [0.717, 1.165) is 6.42 Å². The van der Waals surface area contributed by atoms with Gasteiger partial charge in [-0.15, -0.1) is 0 Å². The van der Waals surface area contributed by atoms with Crippen molar-refractivity contribution in [2.75, 3.05) is 0 Å². The minimum Gasteiger partial charge on any atom is -0.351 e. The lowest BCUT2D eigenvalue weighted by atomic mass is 10.1. The molecule has 1 rings (SSSR count). The van der Waals surface area contributed by atoms with Crippen molar-refractivity contribution in [1.29, 1.82) is 0 Å². The van der Waals surface area contributed by atoms with Gasteiger partial charge < -0.3 is 5.73 Å². The van der Waals surface area contributed by atoms with E-state index in [0.29, 0.717) is 6.04 Å². The molecule has 1 aromatic carbocycles. The van der Waals surface area contributed by atoms with Crippen molar-refractivity contribution in [1.82, 2.24) is 0 Å². The number of hydrogen-bond acceptors (Lipinski definition) is 0. The van der Waals surface area contributed by atoms with E-state index >= 15 is 0 Å². The molecular formula is C9H14N+. The summed E-state index contributed by atoms with van der Waals surface area (Å²) in [6.07, 6.45) is 1.12. The minimum absolute atomic E-state index is 0.459. The van der Waals surface area contributed by atoms with Gasteiger partial charge in [0.25, 0.3) is 0 Å². The highest BCUT2D eigenvalue weighted by atomic mass is 14.6. The summed E-state index contributed by atoms with van der Waals surface area (Å²) in [7, 11) is 0. The van der Waals surface area contributed by atoms with Crippen molar-refractivity contribution in [2.45, 2.75) is 19.4 Å². The second-order valence-electron chi connectivity index (χ2n) is 2.52. The number of rotatable bonds is 2. The predicted octanol–water partition coefficient (Wildman–Crippen LogP) is 1.38. The molecular weight excluding hydrogens is 122 g/mol. The maximum Gasteiger partial charge on any atom is 0.110 e. The Bertz CT molecular complexity index is 181. The smallest absolute Gasteiger partial charge is 0.110 e. The van der Waals surface area contributed by atoms with Gasteiger partial charge in [0.15, 0.2) is 0 Å². The fourth-order valence-electron chi connectivity index (χ4n) is 0.961. The molecule has 1 aromatic rings. The van der Waals surface area contributed by atoms with Gasteiger partial charge in [0.05, 0.1) is 0 Å². The summed E-state index contributed by atoms with van der Waals surface area (Å²) >= 11 is 0. The number of hydrogen-bond donors (Lipinski definition) is 1. The topological polar surface area (TPSA) is 27.6 Å². The molecule has 1 heteroatoms. The summed E-state index contributed by atoms with van der Waals surface area (Å²) in [5.74, 6) is 0. The van der Waals surface area contributed by atoms with Crippen LogP contribution in [0.3, 0.4) is 0 Å². The van der Waals surface area contributed by atoms with Crippen LogP contribution in [0.4, 0.5) is 0 Å². The zero-order valence-corrected chi connectivity index (χ0v) is 6.38. The Hall–Kier alpha value is -0.820. The molecule has 10 heavy (non-hydrogen) atoms. The molecule has 0 heterocycles. The Morgan fingerprint density at radius 3 is 2.40 bits per heavy atom. The molecule has 0 aromatic heterocycles. The van der Waals surface area contributed by atoms with Crippen molar-refractivity contribution >= 4 is 0 Å². The normalized spacial score (nSPS) is 13.0. The zero-order valence-electron chi connectivity index (χ0n) is 6.38. The molecule has 0 aliphatic heterocycles. The first kappa shape index (κ1) is 7.29. The van der Waals surface area contributed by atoms with Crippen LogP contribution in [-0.4, -0.2) is 0 Å². The van der Waals surface area contributed by atoms with Crippen LogP contribution in [0.5, 0.6) is 0 Å². The molecule has 0 bridgehead atoms. The van der Waals surface area contributed by atoms with Gasteiger partial charge in [-0.2, -0.15) is 0 Å². The highest BCUT2D eigenvalue weighted by Gasteiger charge is 2.03. The third-order valence-electron chi connectivity index (χ3n) is 1.76. The van der Waals surface area contributed by atoms with Crippen LogP contribution >= 0.6 is 0 Å².